The molecule has 0 fully saturated rings. The Kier molecular flexibility index (Phi) is 3.01. The molecule has 0 saturated carbocycles. The Morgan fingerprint density at radius 3 is 2.88 bits per heavy atom. The Balaban J connectivity index is 2.72. The maximum Gasteiger partial charge on any atom is 0.151 e. The van der Waals surface area contributed by atoms with E-state index in [9.17, 15) is 4.79 Å². The van der Waals surface area contributed by atoms with Crippen LogP contribution < -0.4 is 0 Å². The molecule has 84 valence electrons. The highest BCUT2D eigenvalue weighted by atomic mass is 16.1. The fourth-order valence-corrected chi connectivity index (χ4v) is 1.86. The van der Waals surface area contributed by atoms with E-state index in [-0.39, 0.29) is 0 Å². The van der Waals surface area contributed by atoms with Crippen LogP contribution in [-0.4, -0.2) is 15.8 Å². The summed E-state index contributed by atoms with van der Waals surface area (Å²) in [7, 11) is 0. The van der Waals surface area contributed by atoms with Crippen LogP contribution in [-0.2, 0) is 6.42 Å². The number of rotatable bonds is 3. The number of carbonyl (C=O) groups excluding carboxylic acids is 1. The molecule has 0 spiro atoms. The number of nitrogens with zero attached hydrogens (tertiary/aromatic N) is 3. The SMILES string of the molecule is CCc1c(C=O)cc(C#N)n1-c1ccccn1. The molecular formula is C13H11N3O. The van der Waals surface area contributed by atoms with Crippen LogP contribution in [0.1, 0.15) is 28.7 Å². The number of carbonyl (C=O) groups is 1. The lowest BCUT2D eigenvalue weighted by Crippen LogP contribution is -2.04. The van der Waals surface area contributed by atoms with Crippen molar-refractivity contribution in [1.29, 1.82) is 5.26 Å². The molecule has 0 aliphatic rings. The second-order valence-electron chi connectivity index (χ2n) is 3.54. The largest absolute Gasteiger partial charge is 0.298 e. The summed E-state index contributed by atoms with van der Waals surface area (Å²) in [5, 5.41) is 9.09. The predicted molar refractivity (Wildman–Crippen MR) is 63.0 cm³/mol. The number of pyridine rings is 1. The van der Waals surface area contributed by atoms with E-state index in [0.717, 1.165) is 12.0 Å². The minimum absolute atomic E-state index is 0.433. The molecule has 0 bridgehead atoms. The topological polar surface area (TPSA) is 58.7 Å². The van der Waals surface area contributed by atoms with E-state index in [2.05, 4.69) is 11.1 Å². The number of aldehydes is 1. The quantitative estimate of drug-likeness (QED) is 0.752. The molecule has 0 unspecified atom stereocenters. The molecule has 4 nitrogen and oxygen atoms in total. The number of hydrogen-bond donors (Lipinski definition) is 0. The van der Waals surface area contributed by atoms with Crippen molar-refractivity contribution in [1.82, 2.24) is 9.55 Å². The van der Waals surface area contributed by atoms with Crippen LogP contribution in [0.15, 0.2) is 30.5 Å². The van der Waals surface area contributed by atoms with Crippen molar-refractivity contribution in [3.05, 3.63) is 47.4 Å². The summed E-state index contributed by atoms with van der Waals surface area (Å²) < 4.78 is 1.73. The summed E-state index contributed by atoms with van der Waals surface area (Å²) in [4.78, 5) is 15.2. The van der Waals surface area contributed by atoms with E-state index < -0.39 is 0 Å². The van der Waals surface area contributed by atoms with Crippen LogP contribution in [0, 0.1) is 11.3 Å². The minimum atomic E-state index is 0.433. The molecule has 0 aliphatic heterocycles. The van der Waals surface area contributed by atoms with Gasteiger partial charge in [-0.25, -0.2) is 4.98 Å². The fraction of sp³-hybridized carbons (Fsp3) is 0.154. The standard InChI is InChI=1S/C13H11N3O/c1-2-12-10(9-17)7-11(8-14)16(12)13-5-3-4-6-15-13/h3-7,9H,2H2,1H3. The van der Waals surface area contributed by atoms with E-state index in [1.807, 2.05) is 25.1 Å². The van der Waals surface area contributed by atoms with Crippen molar-refractivity contribution in [3.63, 3.8) is 0 Å². The monoisotopic (exact) mass is 225 g/mol. The minimum Gasteiger partial charge on any atom is -0.298 e. The molecule has 2 aromatic heterocycles. The zero-order valence-electron chi connectivity index (χ0n) is 9.42. The van der Waals surface area contributed by atoms with Gasteiger partial charge in [0.15, 0.2) is 6.29 Å². The van der Waals surface area contributed by atoms with Crippen LogP contribution >= 0.6 is 0 Å². The summed E-state index contributed by atoms with van der Waals surface area (Å²) in [5.41, 5.74) is 1.80. The lowest BCUT2D eigenvalue weighted by atomic mass is 10.2. The number of hydrogen-bond acceptors (Lipinski definition) is 3. The zero-order valence-corrected chi connectivity index (χ0v) is 9.42. The molecule has 0 aliphatic carbocycles. The average Bonchev–Trinajstić information content (AvgIpc) is 2.77. The maximum absolute atomic E-state index is 11.0. The molecule has 0 atom stereocenters. The zero-order chi connectivity index (χ0) is 12.3. The Hall–Kier alpha value is -2.41. The van der Waals surface area contributed by atoms with Crippen LogP contribution in [0.2, 0.25) is 0 Å². The lowest BCUT2D eigenvalue weighted by molar-refractivity contribution is 0.112. The van der Waals surface area contributed by atoms with Crippen LogP contribution in [0.25, 0.3) is 5.82 Å². The number of nitriles is 1. The summed E-state index contributed by atoms with van der Waals surface area (Å²) in [5.74, 6) is 0.661. The van der Waals surface area contributed by atoms with Crippen molar-refractivity contribution in [2.24, 2.45) is 0 Å². The van der Waals surface area contributed by atoms with Crippen molar-refractivity contribution in [2.45, 2.75) is 13.3 Å². The fourth-order valence-electron chi connectivity index (χ4n) is 1.86. The van der Waals surface area contributed by atoms with Gasteiger partial charge in [0, 0.05) is 17.5 Å². The first kappa shape index (κ1) is 11.1. The van der Waals surface area contributed by atoms with Crippen LogP contribution in [0.4, 0.5) is 0 Å². The van der Waals surface area contributed by atoms with Crippen molar-refractivity contribution in [2.75, 3.05) is 0 Å². The molecule has 0 amide bonds. The summed E-state index contributed by atoms with van der Waals surface area (Å²) >= 11 is 0. The Morgan fingerprint density at radius 1 is 1.53 bits per heavy atom. The first-order valence-corrected chi connectivity index (χ1v) is 5.33. The Morgan fingerprint density at radius 2 is 2.35 bits per heavy atom. The Bertz CT molecular complexity index is 579. The molecular weight excluding hydrogens is 214 g/mol. The molecule has 2 aromatic rings. The predicted octanol–water partition coefficient (Wildman–Crippen LogP) is 2.12. The average molecular weight is 225 g/mol. The second-order valence-corrected chi connectivity index (χ2v) is 3.54. The van der Waals surface area contributed by atoms with Gasteiger partial charge < -0.3 is 0 Å². The normalized spacial score (nSPS) is 9.88. The van der Waals surface area contributed by atoms with Gasteiger partial charge in [0.05, 0.1) is 0 Å². The first-order chi connectivity index (χ1) is 8.31. The van der Waals surface area contributed by atoms with Gasteiger partial charge in [-0.15, -0.1) is 0 Å². The van der Waals surface area contributed by atoms with Gasteiger partial charge in [-0.3, -0.25) is 9.36 Å². The van der Waals surface area contributed by atoms with Gasteiger partial charge in [-0.05, 0) is 24.6 Å². The molecule has 2 rings (SSSR count). The van der Waals surface area contributed by atoms with E-state index >= 15 is 0 Å². The molecule has 0 N–H and O–H groups in total. The van der Waals surface area contributed by atoms with Crippen LogP contribution in [0.3, 0.4) is 0 Å². The molecule has 4 heteroatoms. The maximum atomic E-state index is 11.0. The molecule has 0 radical (unpaired) electrons. The number of aromatic nitrogens is 2. The summed E-state index contributed by atoms with van der Waals surface area (Å²) in [6.45, 7) is 1.95. The smallest absolute Gasteiger partial charge is 0.151 e. The van der Waals surface area contributed by atoms with Gasteiger partial charge in [0.25, 0.3) is 0 Å². The van der Waals surface area contributed by atoms with Gasteiger partial charge in [-0.2, -0.15) is 5.26 Å². The third-order valence-corrected chi connectivity index (χ3v) is 2.59. The third kappa shape index (κ3) is 1.83. The van der Waals surface area contributed by atoms with Gasteiger partial charge in [-0.1, -0.05) is 13.0 Å². The van der Waals surface area contributed by atoms with E-state index in [1.54, 1.807) is 16.8 Å². The molecule has 17 heavy (non-hydrogen) atoms. The van der Waals surface area contributed by atoms with E-state index in [1.165, 1.54) is 0 Å². The van der Waals surface area contributed by atoms with Crippen LogP contribution in [0.5, 0.6) is 0 Å². The Labute approximate surface area is 99.1 Å². The van der Waals surface area contributed by atoms with Crippen molar-refractivity contribution < 1.29 is 4.79 Å². The van der Waals surface area contributed by atoms with Crippen molar-refractivity contribution in [3.8, 4) is 11.9 Å². The second kappa shape index (κ2) is 4.62. The summed E-state index contributed by atoms with van der Waals surface area (Å²) in [6.07, 6.45) is 3.11. The van der Waals surface area contributed by atoms with Crippen molar-refractivity contribution >= 4 is 6.29 Å². The third-order valence-electron chi connectivity index (χ3n) is 2.59. The van der Waals surface area contributed by atoms with Gasteiger partial charge in [0.1, 0.15) is 17.6 Å². The first-order valence-electron chi connectivity index (χ1n) is 5.33. The molecule has 2 heterocycles. The van der Waals surface area contributed by atoms with Gasteiger partial charge >= 0.3 is 0 Å². The highest BCUT2D eigenvalue weighted by Crippen LogP contribution is 2.19. The highest BCUT2D eigenvalue weighted by molar-refractivity contribution is 5.78. The molecule has 0 aromatic carbocycles. The van der Waals surface area contributed by atoms with E-state index in [0.29, 0.717) is 23.5 Å². The highest BCUT2D eigenvalue weighted by Gasteiger charge is 2.14. The molecule has 0 saturated heterocycles. The van der Waals surface area contributed by atoms with E-state index in [4.69, 9.17) is 5.26 Å². The summed E-state index contributed by atoms with van der Waals surface area (Å²) in [6, 6.07) is 9.16. The lowest BCUT2D eigenvalue weighted by Gasteiger charge is -2.08. The van der Waals surface area contributed by atoms with Gasteiger partial charge in [0.2, 0.25) is 0 Å².